The number of pyridine rings is 1. The third kappa shape index (κ3) is 3.99. The van der Waals surface area contributed by atoms with Gasteiger partial charge in [-0.2, -0.15) is 0 Å². The summed E-state index contributed by atoms with van der Waals surface area (Å²) in [6.07, 6.45) is 10.9. The fourth-order valence-corrected chi connectivity index (χ4v) is 3.82. The quantitative estimate of drug-likeness (QED) is 0.696. The molecule has 0 saturated carbocycles. The van der Waals surface area contributed by atoms with Gasteiger partial charge in [0.1, 0.15) is 17.5 Å². The number of aromatic nitrogens is 5. The average Bonchev–Trinajstić information content (AvgIpc) is 3.16. The summed E-state index contributed by atoms with van der Waals surface area (Å²) in [5.74, 6) is 3.60. The maximum Gasteiger partial charge on any atom is 0.132 e. The van der Waals surface area contributed by atoms with Crippen LogP contribution in [0.3, 0.4) is 0 Å². The molecule has 3 aromatic rings. The van der Waals surface area contributed by atoms with Crippen LogP contribution in [0.5, 0.6) is 0 Å². The van der Waals surface area contributed by atoms with Crippen molar-refractivity contribution in [3.63, 3.8) is 0 Å². The van der Waals surface area contributed by atoms with E-state index in [1.54, 1.807) is 0 Å². The topological polar surface area (TPSA) is 59.7 Å². The van der Waals surface area contributed by atoms with Gasteiger partial charge in [0.05, 0.1) is 6.54 Å². The summed E-state index contributed by atoms with van der Waals surface area (Å²) < 4.78 is 2.27. The molecule has 4 rings (SSSR count). The zero-order valence-corrected chi connectivity index (χ0v) is 16.0. The summed E-state index contributed by atoms with van der Waals surface area (Å²) in [6, 6.07) is 6.23. The van der Waals surface area contributed by atoms with Crippen LogP contribution in [0.2, 0.25) is 0 Å². The van der Waals surface area contributed by atoms with Gasteiger partial charge in [-0.15, -0.1) is 0 Å². The Hall–Kier alpha value is -2.76. The lowest BCUT2D eigenvalue weighted by Gasteiger charge is -2.33. The third-order valence-electron chi connectivity index (χ3n) is 5.25. The van der Waals surface area contributed by atoms with Crippen LogP contribution < -0.4 is 4.90 Å². The van der Waals surface area contributed by atoms with Gasteiger partial charge in [0.2, 0.25) is 0 Å². The Morgan fingerprint density at radius 1 is 1.15 bits per heavy atom. The first-order chi connectivity index (χ1) is 13.2. The summed E-state index contributed by atoms with van der Waals surface area (Å²) in [5.41, 5.74) is 2.32. The highest BCUT2D eigenvalue weighted by Crippen LogP contribution is 2.29. The van der Waals surface area contributed by atoms with Gasteiger partial charge in [-0.25, -0.2) is 15.0 Å². The molecule has 6 heteroatoms. The van der Waals surface area contributed by atoms with E-state index in [2.05, 4.69) is 54.7 Å². The van der Waals surface area contributed by atoms with Gasteiger partial charge in [-0.05, 0) is 37.8 Å². The van der Waals surface area contributed by atoms with Crippen LogP contribution >= 0.6 is 0 Å². The molecular weight excluding hydrogens is 336 g/mol. The summed E-state index contributed by atoms with van der Waals surface area (Å²) in [4.78, 5) is 20.4. The molecule has 140 valence electrons. The Morgan fingerprint density at radius 3 is 2.74 bits per heavy atom. The van der Waals surface area contributed by atoms with Crippen LogP contribution in [0.1, 0.15) is 48.6 Å². The Morgan fingerprint density at radius 2 is 2.00 bits per heavy atom. The van der Waals surface area contributed by atoms with Crippen LogP contribution in [0.25, 0.3) is 0 Å². The van der Waals surface area contributed by atoms with E-state index < -0.39 is 0 Å². The molecule has 6 nitrogen and oxygen atoms in total. The van der Waals surface area contributed by atoms with Crippen molar-refractivity contribution in [1.82, 2.24) is 24.5 Å². The Kier molecular flexibility index (Phi) is 5.14. The van der Waals surface area contributed by atoms with Gasteiger partial charge in [0.15, 0.2) is 0 Å². The Bertz CT molecular complexity index is 881. The lowest BCUT2D eigenvalue weighted by atomic mass is 9.95. The number of piperidine rings is 1. The second-order valence-electron chi connectivity index (χ2n) is 7.15. The zero-order chi connectivity index (χ0) is 18.6. The third-order valence-corrected chi connectivity index (χ3v) is 5.25. The summed E-state index contributed by atoms with van der Waals surface area (Å²) in [5, 5.41) is 0. The molecule has 0 radical (unpaired) electrons. The van der Waals surface area contributed by atoms with E-state index in [9.17, 15) is 0 Å². The van der Waals surface area contributed by atoms with Crippen molar-refractivity contribution < 1.29 is 0 Å². The van der Waals surface area contributed by atoms with E-state index in [0.29, 0.717) is 5.92 Å². The summed E-state index contributed by atoms with van der Waals surface area (Å²) >= 11 is 0. The first-order valence-corrected chi connectivity index (χ1v) is 9.72. The molecule has 1 saturated heterocycles. The summed E-state index contributed by atoms with van der Waals surface area (Å²) in [6.45, 7) is 6.95. The molecule has 0 N–H and O–H groups in total. The van der Waals surface area contributed by atoms with Gasteiger partial charge < -0.3 is 9.47 Å². The van der Waals surface area contributed by atoms with E-state index in [1.807, 2.05) is 31.6 Å². The molecular formula is C21H26N6. The van der Waals surface area contributed by atoms with E-state index in [-0.39, 0.29) is 0 Å². The number of imidazole rings is 1. The Balaban J connectivity index is 1.44. The highest BCUT2D eigenvalue weighted by Gasteiger charge is 2.25. The first kappa shape index (κ1) is 17.6. The van der Waals surface area contributed by atoms with Crippen molar-refractivity contribution in [3.8, 4) is 0 Å². The lowest BCUT2D eigenvalue weighted by Crippen LogP contribution is -2.34. The molecule has 4 heterocycles. The minimum absolute atomic E-state index is 0.488. The van der Waals surface area contributed by atoms with Gasteiger partial charge >= 0.3 is 0 Å². The maximum absolute atomic E-state index is 4.67. The van der Waals surface area contributed by atoms with Crippen LogP contribution in [0, 0.1) is 6.92 Å². The van der Waals surface area contributed by atoms with Crippen molar-refractivity contribution in [2.24, 2.45) is 0 Å². The number of aryl methyl sites for hydroxylation is 2. The number of hydrogen-bond acceptors (Lipinski definition) is 5. The van der Waals surface area contributed by atoms with E-state index in [1.165, 1.54) is 11.4 Å². The minimum atomic E-state index is 0.488. The molecule has 0 atom stereocenters. The van der Waals surface area contributed by atoms with E-state index >= 15 is 0 Å². The van der Waals surface area contributed by atoms with Crippen LogP contribution in [0.15, 0.2) is 43.0 Å². The second-order valence-corrected chi connectivity index (χ2v) is 7.15. The predicted molar refractivity (Wildman–Crippen MR) is 106 cm³/mol. The van der Waals surface area contributed by atoms with Crippen LogP contribution in [-0.2, 0) is 13.0 Å². The molecule has 1 aliphatic rings. The monoisotopic (exact) mass is 362 g/mol. The molecule has 0 spiro atoms. The molecule has 3 aromatic heterocycles. The molecule has 0 aliphatic carbocycles. The molecule has 27 heavy (non-hydrogen) atoms. The standard InChI is InChI=1S/C21H26N6/c1-3-19-13-20(25-16(2)24-19)26-10-6-18(7-11-26)21-23-9-12-27(21)15-17-5-4-8-22-14-17/h4-5,8-9,12-14,18H,3,6-7,10-11,15H2,1-2H3. The van der Waals surface area contributed by atoms with Gasteiger partial charge in [0.25, 0.3) is 0 Å². The molecule has 1 fully saturated rings. The van der Waals surface area contributed by atoms with Crippen molar-refractivity contribution in [3.05, 3.63) is 65.9 Å². The number of hydrogen-bond donors (Lipinski definition) is 0. The van der Waals surface area contributed by atoms with Crippen molar-refractivity contribution >= 4 is 5.82 Å². The normalized spacial score (nSPS) is 15.3. The largest absolute Gasteiger partial charge is 0.356 e. The zero-order valence-electron chi connectivity index (χ0n) is 16.0. The van der Waals surface area contributed by atoms with Crippen molar-refractivity contribution in [1.29, 1.82) is 0 Å². The molecule has 0 amide bonds. The predicted octanol–water partition coefficient (Wildman–Crippen LogP) is 3.37. The number of rotatable bonds is 5. The summed E-state index contributed by atoms with van der Waals surface area (Å²) in [7, 11) is 0. The van der Waals surface area contributed by atoms with Crippen LogP contribution in [0.4, 0.5) is 5.82 Å². The van der Waals surface area contributed by atoms with Gasteiger partial charge in [-0.1, -0.05) is 13.0 Å². The molecule has 0 aromatic carbocycles. The van der Waals surface area contributed by atoms with Crippen LogP contribution in [-0.4, -0.2) is 37.6 Å². The van der Waals surface area contributed by atoms with Gasteiger partial charge in [-0.3, -0.25) is 4.98 Å². The fraction of sp³-hybridized carbons (Fsp3) is 0.429. The van der Waals surface area contributed by atoms with Crippen molar-refractivity contribution in [2.75, 3.05) is 18.0 Å². The maximum atomic E-state index is 4.67. The van der Waals surface area contributed by atoms with Crippen molar-refractivity contribution in [2.45, 2.75) is 45.6 Å². The second kappa shape index (κ2) is 7.86. The molecule has 1 aliphatic heterocycles. The average molecular weight is 362 g/mol. The number of nitrogens with zero attached hydrogens (tertiary/aromatic N) is 6. The molecule has 0 bridgehead atoms. The molecule has 0 unspecified atom stereocenters. The number of anilines is 1. The highest BCUT2D eigenvalue weighted by molar-refractivity contribution is 5.40. The first-order valence-electron chi connectivity index (χ1n) is 9.72. The fourth-order valence-electron chi connectivity index (χ4n) is 3.82. The van der Waals surface area contributed by atoms with E-state index in [0.717, 1.165) is 56.2 Å². The lowest BCUT2D eigenvalue weighted by molar-refractivity contribution is 0.468. The smallest absolute Gasteiger partial charge is 0.132 e. The minimum Gasteiger partial charge on any atom is -0.356 e. The SMILES string of the molecule is CCc1cc(N2CCC(c3nccn3Cc3cccnc3)CC2)nc(C)n1. The van der Waals surface area contributed by atoms with Gasteiger partial charge in [0, 0.05) is 55.6 Å². The highest BCUT2D eigenvalue weighted by atomic mass is 15.2. The Labute approximate surface area is 160 Å². The van der Waals surface area contributed by atoms with E-state index in [4.69, 9.17) is 0 Å².